The SMILES string of the molecule is Cc1ccc([C@H]2CN=N[C@@]23Cc2ccccc2C3=O)cc1. The fourth-order valence-electron chi connectivity index (χ4n) is 3.51. The van der Waals surface area contributed by atoms with Gasteiger partial charge in [0.15, 0.2) is 11.3 Å². The molecule has 1 aliphatic heterocycles. The molecule has 3 nitrogen and oxygen atoms in total. The zero-order valence-electron chi connectivity index (χ0n) is 11.9. The highest BCUT2D eigenvalue weighted by molar-refractivity contribution is 6.08. The molecule has 1 heterocycles. The Hall–Kier alpha value is -2.29. The van der Waals surface area contributed by atoms with Gasteiger partial charge in [0.1, 0.15) is 0 Å². The lowest BCUT2D eigenvalue weighted by Crippen LogP contribution is -2.38. The van der Waals surface area contributed by atoms with Crippen molar-refractivity contribution in [1.29, 1.82) is 0 Å². The summed E-state index contributed by atoms with van der Waals surface area (Å²) in [5.41, 5.74) is 3.59. The highest BCUT2D eigenvalue weighted by Crippen LogP contribution is 2.46. The fraction of sp³-hybridized carbons (Fsp3) is 0.278. The summed E-state index contributed by atoms with van der Waals surface area (Å²) in [5, 5.41) is 8.65. The first-order chi connectivity index (χ1) is 10.2. The van der Waals surface area contributed by atoms with Gasteiger partial charge in [-0.15, -0.1) is 0 Å². The number of azo groups is 1. The van der Waals surface area contributed by atoms with Crippen molar-refractivity contribution in [3.63, 3.8) is 0 Å². The second-order valence-corrected chi connectivity index (χ2v) is 5.97. The maximum absolute atomic E-state index is 12.9. The summed E-state index contributed by atoms with van der Waals surface area (Å²) in [4.78, 5) is 12.9. The van der Waals surface area contributed by atoms with E-state index in [1.165, 1.54) is 5.56 Å². The number of ketones is 1. The maximum atomic E-state index is 12.9. The third kappa shape index (κ3) is 1.70. The van der Waals surface area contributed by atoms with E-state index in [-0.39, 0.29) is 11.7 Å². The summed E-state index contributed by atoms with van der Waals surface area (Å²) in [5.74, 6) is 0.183. The van der Waals surface area contributed by atoms with Crippen molar-refractivity contribution in [2.24, 2.45) is 10.2 Å². The first-order valence-electron chi connectivity index (χ1n) is 7.29. The Morgan fingerprint density at radius 3 is 2.62 bits per heavy atom. The van der Waals surface area contributed by atoms with Crippen LogP contribution in [0, 0.1) is 6.92 Å². The van der Waals surface area contributed by atoms with Gasteiger partial charge in [0, 0.05) is 17.9 Å². The number of Topliss-reactive ketones (excluding diaryl/α,β-unsaturated/α-hetero) is 1. The van der Waals surface area contributed by atoms with Crippen molar-refractivity contribution in [2.75, 3.05) is 6.54 Å². The molecule has 4 rings (SSSR count). The molecule has 0 unspecified atom stereocenters. The van der Waals surface area contributed by atoms with Crippen LogP contribution in [-0.2, 0) is 6.42 Å². The van der Waals surface area contributed by atoms with E-state index in [0.717, 1.165) is 16.7 Å². The zero-order valence-corrected chi connectivity index (χ0v) is 11.9. The van der Waals surface area contributed by atoms with E-state index in [1.807, 2.05) is 24.3 Å². The molecule has 0 saturated heterocycles. The van der Waals surface area contributed by atoms with Gasteiger partial charge < -0.3 is 0 Å². The minimum absolute atomic E-state index is 0.0537. The number of hydrogen-bond acceptors (Lipinski definition) is 3. The standard InChI is InChI=1S/C18H16N2O/c1-12-6-8-13(9-7-12)16-11-19-20-18(16)10-14-4-2-3-5-15(14)17(18)21/h2-9,16H,10-11H2,1H3/t16-,18+/m1/s1. The van der Waals surface area contributed by atoms with Crippen LogP contribution in [0.25, 0.3) is 0 Å². The molecule has 0 saturated carbocycles. The number of carbonyl (C=O) groups is 1. The zero-order chi connectivity index (χ0) is 14.4. The fourth-order valence-corrected chi connectivity index (χ4v) is 3.51. The molecule has 2 aromatic rings. The summed E-state index contributed by atoms with van der Waals surface area (Å²) in [7, 11) is 0. The number of rotatable bonds is 1. The van der Waals surface area contributed by atoms with Crippen LogP contribution in [-0.4, -0.2) is 17.9 Å². The predicted molar refractivity (Wildman–Crippen MR) is 80.9 cm³/mol. The van der Waals surface area contributed by atoms with Gasteiger partial charge in [-0.25, -0.2) is 0 Å². The number of carbonyl (C=O) groups excluding carboxylic acids is 1. The van der Waals surface area contributed by atoms with E-state index in [4.69, 9.17) is 0 Å². The molecule has 2 aliphatic rings. The lowest BCUT2D eigenvalue weighted by atomic mass is 9.77. The quantitative estimate of drug-likeness (QED) is 0.782. The minimum atomic E-state index is -0.709. The molecule has 1 aliphatic carbocycles. The largest absolute Gasteiger partial charge is 0.291 e. The summed E-state index contributed by atoms with van der Waals surface area (Å²) in [6.07, 6.45) is 0.671. The highest BCUT2D eigenvalue weighted by atomic mass is 16.1. The average Bonchev–Trinajstić information content (AvgIpc) is 3.04. The van der Waals surface area contributed by atoms with Gasteiger partial charge in [0.2, 0.25) is 0 Å². The van der Waals surface area contributed by atoms with Crippen LogP contribution in [0.5, 0.6) is 0 Å². The normalized spacial score (nSPS) is 26.5. The van der Waals surface area contributed by atoms with E-state index in [2.05, 4.69) is 41.4 Å². The van der Waals surface area contributed by atoms with Crippen molar-refractivity contribution >= 4 is 5.78 Å². The van der Waals surface area contributed by atoms with Crippen LogP contribution in [0.3, 0.4) is 0 Å². The molecule has 2 aromatic carbocycles. The van der Waals surface area contributed by atoms with Gasteiger partial charge in [0.05, 0.1) is 6.54 Å². The monoisotopic (exact) mass is 276 g/mol. The van der Waals surface area contributed by atoms with Crippen molar-refractivity contribution < 1.29 is 4.79 Å². The van der Waals surface area contributed by atoms with Crippen molar-refractivity contribution in [3.05, 3.63) is 70.8 Å². The van der Waals surface area contributed by atoms with Crippen LogP contribution >= 0.6 is 0 Å². The van der Waals surface area contributed by atoms with Gasteiger partial charge >= 0.3 is 0 Å². The molecule has 0 N–H and O–H groups in total. The van der Waals surface area contributed by atoms with Crippen molar-refractivity contribution in [3.8, 4) is 0 Å². The average molecular weight is 276 g/mol. The molecule has 0 amide bonds. The van der Waals surface area contributed by atoms with Gasteiger partial charge in [-0.3, -0.25) is 4.79 Å². The molecule has 21 heavy (non-hydrogen) atoms. The van der Waals surface area contributed by atoms with Crippen molar-refractivity contribution in [2.45, 2.75) is 24.8 Å². The Morgan fingerprint density at radius 1 is 1.10 bits per heavy atom. The number of nitrogens with zero attached hydrogens (tertiary/aromatic N) is 2. The number of fused-ring (bicyclic) bond motifs is 1. The molecule has 3 heteroatoms. The van der Waals surface area contributed by atoms with E-state index < -0.39 is 5.54 Å². The summed E-state index contributed by atoms with van der Waals surface area (Å²) in [6, 6.07) is 16.2. The summed E-state index contributed by atoms with van der Waals surface area (Å²) >= 11 is 0. The predicted octanol–water partition coefficient (Wildman–Crippen LogP) is 3.72. The molecule has 0 aromatic heterocycles. The van der Waals surface area contributed by atoms with Crippen LogP contribution < -0.4 is 0 Å². The van der Waals surface area contributed by atoms with Crippen LogP contribution in [0.4, 0.5) is 0 Å². The Morgan fingerprint density at radius 2 is 1.86 bits per heavy atom. The number of aryl methyl sites for hydroxylation is 1. The van der Waals surface area contributed by atoms with Crippen LogP contribution in [0.15, 0.2) is 58.8 Å². The first kappa shape index (κ1) is 12.5. The van der Waals surface area contributed by atoms with Gasteiger partial charge in [-0.1, -0.05) is 54.1 Å². The van der Waals surface area contributed by atoms with Gasteiger partial charge in [-0.2, -0.15) is 10.2 Å². The third-order valence-electron chi connectivity index (χ3n) is 4.68. The Kier molecular flexibility index (Phi) is 2.58. The summed E-state index contributed by atoms with van der Waals surface area (Å²) in [6.45, 7) is 2.67. The lowest BCUT2D eigenvalue weighted by molar-refractivity contribution is 0.0897. The molecule has 2 atom stereocenters. The molecule has 0 bridgehead atoms. The van der Waals surface area contributed by atoms with Gasteiger partial charge in [-0.05, 0) is 18.1 Å². The Balaban J connectivity index is 1.79. The maximum Gasteiger partial charge on any atom is 0.193 e. The minimum Gasteiger partial charge on any atom is -0.291 e. The van der Waals surface area contributed by atoms with E-state index in [1.54, 1.807) is 0 Å². The van der Waals surface area contributed by atoms with Crippen molar-refractivity contribution in [1.82, 2.24) is 0 Å². The van der Waals surface area contributed by atoms with E-state index >= 15 is 0 Å². The molecule has 104 valence electrons. The number of benzene rings is 2. The molecule has 0 fully saturated rings. The lowest BCUT2D eigenvalue weighted by Gasteiger charge is -2.25. The van der Waals surface area contributed by atoms with Crippen LogP contribution in [0.1, 0.15) is 33.0 Å². The smallest absolute Gasteiger partial charge is 0.193 e. The Bertz CT molecular complexity index is 748. The second-order valence-electron chi connectivity index (χ2n) is 5.97. The summed E-state index contributed by atoms with van der Waals surface area (Å²) < 4.78 is 0. The third-order valence-corrected chi connectivity index (χ3v) is 4.68. The topological polar surface area (TPSA) is 41.8 Å². The number of hydrogen-bond donors (Lipinski definition) is 0. The highest BCUT2D eigenvalue weighted by Gasteiger charge is 2.54. The van der Waals surface area contributed by atoms with Crippen LogP contribution in [0.2, 0.25) is 0 Å². The second kappa shape index (κ2) is 4.35. The Labute approximate surface area is 123 Å². The van der Waals surface area contributed by atoms with Gasteiger partial charge in [0.25, 0.3) is 0 Å². The van der Waals surface area contributed by atoms with E-state index in [9.17, 15) is 4.79 Å². The molecule has 1 spiro atoms. The van der Waals surface area contributed by atoms with E-state index in [0.29, 0.717) is 13.0 Å². The molecular formula is C18H16N2O. The molecule has 0 radical (unpaired) electrons. The molecular weight excluding hydrogens is 260 g/mol. The first-order valence-corrected chi connectivity index (χ1v) is 7.29.